The first-order chi connectivity index (χ1) is 7.52. The van der Waals surface area contributed by atoms with E-state index in [1.54, 1.807) is 0 Å². The zero-order valence-corrected chi connectivity index (χ0v) is 11.2. The van der Waals surface area contributed by atoms with Crippen molar-refractivity contribution < 1.29 is 10.0 Å². The lowest BCUT2D eigenvalue weighted by Gasteiger charge is -2.13. The fraction of sp³-hybridized carbons (Fsp3) is 0.300. The first kappa shape index (κ1) is 11.9. The fourth-order valence-corrected chi connectivity index (χ4v) is 2.58. The maximum Gasteiger partial charge on any atom is 0.489 e. The number of fused-ring (bicyclic) bond motifs is 1. The number of H-pyrrole nitrogens is 1. The second kappa shape index (κ2) is 4.35. The van der Waals surface area contributed by atoms with Gasteiger partial charge < -0.3 is 10.0 Å². The Bertz CT molecular complexity index is 525. The van der Waals surface area contributed by atoms with Gasteiger partial charge in [0.25, 0.3) is 0 Å². The molecule has 0 radical (unpaired) electrons. The predicted octanol–water partition coefficient (Wildman–Crippen LogP) is 0.971. The summed E-state index contributed by atoms with van der Waals surface area (Å²) in [6, 6.07) is 3.80. The minimum Gasteiger partial charge on any atom is -0.423 e. The third kappa shape index (κ3) is 1.85. The number of nitrogens with zero attached hydrogens (tertiary/aromatic N) is 1. The van der Waals surface area contributed by atoms with Crippen molar-refractivity contribution in [2.24, 2.45) is 0 Å². The molecule has 1 aromatic carbocycles. The van der Waals surface area contributed by atoms with Gasteiger partial charge in [-0.15, -0.1) is 0 Å². The number of nitrogens with one attached hydrogen (secondary N) is 1. The van der Waals surface area contributed by atoms with Crippen LogP contribution in [-0.2, 0) is 0 Å². The zero-order valence-electron chi connectivity index (χ0n) is 9.03. The van der Waals surface area contributed by atoms with Crippen molar-refractivity contribution in [3.63, 3.8) is 0 Å². The highest BCUT2D eigenvalue weighted by molar-refractivity contribution is 14.1. The van der Waals surface area contributed by atoms with Crippen molar-refractivity contribution in [1.82, 2.24) is 10.2 Å². The van der Waals surface area contributed by atoms with Crippen LogP contribution >= 0.6 is 22.6 Å². The zero-order chi connectivity index (χ0) is 11.9. The van der Waals surface area contributed by atoms with Crippen LogP contribution in [0, 0.1) is 3.70 Å². The van der Waals surface area contributed by atoms with Crippen molar-refractivity contribution in [1.29, 1.82) is 0 Å². The third-order valence-electron chi connectivity index (χ3n) is 2.63. The van der Waals surface area contributed by atoms with E-state index in [1.165, 1.54) is 0 Å². The lowest BCUT2D eigenvalue weighted by molar-refractivity contribution is 0.425. The molecule has 2 rings (SSSR count). The highest BCUT2D eigenvalue weighted by atomic mass is 127. The normalized spacial score (nSPS) is 11.4. The molecule has 1 aromatic heterocycles. The van der Waals surface area contributed by atoms with Crippen molar-refractivity contribution in [2.45, 2.75) is 19.8 Å². The van der Waals surface area contributed by atoms with Gasteiger partial charge in [0.05, 0.1) is 5.52 Å². The summed E-state index contributed by atoms with van der Waals surface area (Å²) in [5, 5.41) is 26.8. The molecule has 0 amide bonds. The Morgan fingerprint density at radius 3 is 2.62 bits per heavy atom. The van der Waals surface area contributed by atoms with Crippen molar-refractivity contribution >= 4 is 46.1 Å². The third-order valence-corrected chi connectivity index (χ3v) is 3.41. The molecule has 0 atom stereocenters. The minimum absolute atomic E-state index is 0.242. The maximum atomic E-state index is 9.50. The van der Waals surface area contributed by atoms with Crippen LogP contribution in [0.2, 0.25) is 0 Å². The average molecular weight is 330 g/mol. The molecule has 0 aliphatic rings. The van der Waals surface area contributed by atoms with Gasteiger partial charge in [0.2, 0.25) is 0 Å². The number of aromatic amines is 1. The number of rotatable bonds is 2. The monoisotopic (exact) mass is 330 g/mol. The van der Waals surface area contributed by atoms with Gasteiger partial charge in [0, 0.05) is 5.39 Å². The Kier molecular flexibility index (Phi) is 3.23. The number of hydrogen-bond acceptors (Lipinski definition) is 3. The van der Waals surface area contributed by atoms with E-state index in [-0.39, 0.29) is 5.92 Å². The molecule has 4 nitrogen and oxygen atoms in total. The summed E-state index contributed by atoms with van der Waals surface area (Å²) in [5.74, 6) is 0.242. The van der Waals surface area contributed by atoms with Crippen LogP contribution in [0.25, 0.3) is 10.9 Å². The number of hydrogen-bond donors (Lipinski definition) is 3. The van der Waals surface area contributed by atoms with E-state index in [0.29, 0.717) is 5.46 Å². The van der Waals surface area contributed by atoms with Gasteiger partial charge in [0.15, 0.2) is 0 Å². The predicted molar refractivity (Wildman–Crippen MR) is 72.7 cm³/mol. The summed E-state index contributed by atoms with van der Waals surface area (Å²) in [6.07, 6.45) is 0. The molecule has 1 heterocycles. The molecule has 2 aromatic rings. The standard InChI is InChI=1S/C10H12BIN2O2/c1-5(2)6-3-4-7-8(9(6)11(15)16)10(12)14-13-7/h3-5,15-16H,1-2H3,(H,13,14). The largest absolute Gasteiger partial charge is 0.489 e. The number of halogens is 1. The fourth-order valence-electron chi connectivity index (χ4n) is 1.89. The van der Waals surface area contributed by atoms with E-state index in [1.807, 2.05) is 26.0 Å². The Labute approximate surface area is 107 Å². The topological polar surface area (TPSA) is 69.1 Å². The SMILES string of the molecule is CC(C)c1ccc2n[nH]c(I)c2c1B(O)O. The smallest absolute Gasteiger partial charge is 0.423 e. The van der Waals surface area contributed by atoms with E-state index in [0.717, 1.165) is 20.2 Å². The van der Waals surface area contributed by atoms with Crippen LogP contribution in [0.5, 0.6) is 0 Å². The summed E-state index contributed by atoms with van der Waals surface area (Å²) >= 11 is 2.11. The lowest BCUT2D eigenvalue weighted by Crippen LogP contribution is -2.34. The first-order valence-corrected chi connectivity index (χ1v) is 6.12. The maximum absolute atomic E-state index is 9.50. The molecule has 0 fully saturated rings. The molecule has 0 spiro atoms. The molecular formula is C10H12BIN2O2. The molecule has 0 saturated heterocycles. The molecule has 0 bridgehead atoms. The van der Waals surface area contributed by atoms with Crippen LogP contribution < -0.4 is 5.46 Å². The van der Waals surface area contributed by atoms with Crippen LogP contribution in [-0.4, -0.2) is 27.4 Å². The molecule has 16 heavy (non-hydrogen) atoms. The average Bonchev–Trinajstić information content (AvgIpc) is 2.59. The van der Waals surface area contributed by atoms with E-state index in [9.17, 15) is 10.0 Å². The van der Waals surface area contributed by atoms with Crippen LogP contribution in [0.1, 0.15) is 25.3 Å². The molecule has 0 unspecified atom stereocenters. The Morgan fingerprint density at radius 2 is 2.06 bits per heavy atom. The molecular weight excluding hydrogens is 318 g/mol. The van der Waals surface area contributed by atoms with Gasteiger partial charge in [-0.1, -0.05) is 19.9 Å². The second-order valence-electron chi connectivity index (χ2n) is 4.03. The van der Waals surface area contributed by atoms with Crippen molar-refractivity contribution in [3.8, 4) is 0 Å². The summed E-state index contributed by atoms with van der Waals surface area (Å²) in [4.78, 5) is 0. The molecule has 6 heteroatoms. The van der Waals surface area contributed by atoms with Gasteiger partial charge in [-0.2, -0.15) is 5.10 Å². The first-order valence-electron chi connectivity index (χ1n) is 5.05. The molecule has 0 aliphatic heterocycles. The molecule has 0 aliphatic carbocycles. The second-order valence-corrected chi connectivity index (χ2v) is 5.11. The van der Waals surface area contributed by atoms with Gasteiger partial charge in [-0.05, 0) is 45.6 Å². The lowest BCUT2D eigenvalue weighted by atomic mass is 9.72. The highest BCUT2D eigenvalue weighted by Crippen LogP contribution is 2.21. The van der Waals surface area contributed by atoms with E-state index in [4.69, 9.17) is 0 Å². The summed E-state index contributed by atoms with van der Waals surface area (Å²) < 4.78 is 0.832. The van der Waals surface area contributed by atoms with Gasteiger partial charge in [-0.3, -0.25) is 5.10 Å². The quantitative estimate of drug-likeness (QED) is 0.568. The molecule has 84 valence electrons. The Balaban J connectivity index is 2.83. The van der Waals surface area contributed by atoms with E-state index in [2.05, 4.69) is 32.8 Å². The van der Waals surface area contributed by atoms with Crippen LogP contribution in [0.3, 0.4) is 0 Å². The van der Waals surface area contributed by atoms with Crippen LogP contribution in [0.15, 0.2) is 12.1 Å². The van der Waals surface area contributed by atoms with Crippen LogP contribution in [0.4, 0.5) is 0 Å². The van der Waals surface area contributed by atoms with Crippen molar-refractivity contribution in [3.05, 3.63) is 21.4 Å². The molecule has 0 saturated carbocycles. The van der Waals surface area contributed by atoms with Gasteiger partial charge in [0.1, 0.15) is 3.70 Å². The number of benzene rings is 1. The Morgan fingerprint density at radius 1 is 1.38 bits per heavy atom. The van der Waals surface area contributed by atoms with E-state index < -0.39 is 7.12 Å². The summed E-state index contributed by atoms with van der Waals surface area (Å²) in [6.45, 7) is 4.06. The summed E-state index contributed by atoms with van der Waals surface area (Å²) in [7, 11) is -1.47. The van der Waals surface area contributed by atoms with Crippen molar-refractivity contribution in [2.75, 3.05) is 0 Å². The minimum atomic E-state index is -1.47. The Hall–Kier alpha value is -0.595. The summed E-state index contributed by atoms with van der Waals surface area (Å²) in [5.41, 5.74) is 2.27. The van der Waals surface area contributed by atoms with E-state index >= 15 is 0 Å². The van der Waals surface area contributed by atoms with Gasteiger partial charge >= 0.3 is 7.12 Å². The molecule has 3 N–H and O–H groups in total. The highest BCUT2D eigenvalue weighted by Gasteiger charge is 2.23. The number of aromatic nitrogens is 2. The van der Waals surface area contributed by atoms with Gasteiger partial charge in [-0.25, -0.2) is 0 Å².